The van der Waals surface area contributed by atoms with Crippen molar-refractivity contribution in [3.8, 4) is 0 Å². The van der Waals surface area contributed by atoms with E-state index in [1.54, 1.807) is 0 Å². The lowest BCUT2D eigenvalue weighted by Gasteiger charge is -2.42. The Labute approximate surface area is 111 Å². The number of fused-ring (bicyclic) bond motifs is 2. The lowest BCUT2D eigenvalue weighted by molar-refractivity contribution is 0.0739. The van der Waals surface area contributed by atoms with Gasteiger partial charge in [0.2, 0.25) is 0 Å². The van der Waals surface area contributed by atoms with Crippen molar-refractivity contribution in [2.45, 2.75) is 53.4 Å². The minimum atomic E-state index is 0.498. The van der Waals surface area contributed by atoms with Crippen LogP contribution in [-0.2, 0) is 6.42 Å². The SMILES string of the molecule is Cc1cccc(C[C@H]2C3(C)CCC(C3)C2(C)C)n1. The Hall–Kier alpha value is -0.850. The van der Waals surface area contributed by atoms with Crippen LogP contribution in [0.1, 0.15) is 51.4 Å². The summed E-state index contributed by atoms with van der Waals surface area (Å²) in [5.74, 6) is 1.75. The average Bonchev–Trinajstić information content (AvgIpc) is 2.76. The normalized spacial score (nSPS) is 37.1. The molecule has 2 aliphatic rings. The van der Waals surface area contributed by atoms with Crippen molar-refractivity contribution in [1.82, 2.24) is 4.98 Å². The van der Waals surface area contributed by atoms with Gasteiger partial charge < -0.3 is 0 Å². The highest BCUT2D eigenvalue weighted by atomic mass is 14.7. The van der Waals surface area contributed by atoms with Crippen LogP contribution in [0.3, 0.4) is 0 Å². The van der Waals surface area contributed by atoms with Gasteiger partial charge in [-0.2, -0.15) is 0 Å². The number of pyridine rings is 1. The Kier molecular flexibility index (Phi) is 2.59. The molecular formula is C17H25N. The van der Waals surface area contributed by atoms with E-state index < -0.39 is 0 Å². The van der Waals surface area contributed by atoms with Gasteiger partial charge in [-0.3, -0.25) is 4.98 Å². The van der Waals surface area contributed by atoms with E-state index in [0.29, 0.717) is 10.8 Å². The fraction of sp³-hybridized carbons (Fsp3) is 0.706. The number of nitrogens with zero attached hydrogens (tertiary/aromatic N) is 1. The molecule has 18 heavy (non-hydrogen) atoms. The van der Waals surface area contributed by atoms with Crippen molar-refractivity contribution in [2.75, 3.05) is 0 Å². The standard InChI is InChI=1S/C17H25N/c1-12-6-5-7-14(18-12)10-15-16(2,3)13-8-9-17(15,4)11-13/h5-7,13,15H,8-11H2,1-4H3/t13?,15-,17?/m1/s1. The summed E-state index contributed by atoms with van der Waals surface area (Å²) >= 11 is 0. The second-order valence-electron chi connectivity index (χ2n) is 7.44. The van der Waals surface area contributed by atoms with Gasteiger partial charge in [0.05, 0.1) is 0 Å². The smallest absolute Gasteiger partial charge is 0.0410 e. The zero-order valence-corrected chi connectivity index (χ0v) is 12.2. The zero-order valence-electron chi connectivity index (χ0n) is 12.2. The van der Waals surface area contributed by atoms with Crippen LogP contribution in [0.2, 0.25) is 0 Å². The van der Waals surface area contributed by atoms with Gasteiger partial charge in [-0.05, 0) is 67.4 Å². The molecule has 3 rings (SSSR count). The molecule has 1 heterocycles. The minimum absolute atomic E-state index is 0.498. The van der Waals surface area contributed by atoms with Crippen molar-refractivity contribution >= 4 is 0 Å². The Bertz CT molecular complexity index is 458. The van der Waals surface area contributed by atoms with Crippen LogP contribution in [0.4, 0.5) is 0 Å². The molecule has 2 aliphatic carbocycles. The maximum Gasteiger partial charge on any atom is 0.0410 e. The predicted molar refractivity (Wildman–Crippen MR) is 75.4 cm³/mol. The quantitative estimate of drug-likeness (QED) is 0.750. The van der Waals surface area contributed by atoms with Crippen LogP contribution < -0.4 is 0 Å². The monoisotopic (exact) mass is 243 g/mol. The van der Waals surface area contributed by atoms with Gasteiger partial charge in [-0.1, -0.05) is 26.8 Å². The van der Waals surface area contributed by atoms with Crippen LogP contribution in [0.5, 0.6) is 0 Å². The Balaban J connectivity index is 1.88. The Morgan fingerprint density at radius 1 is 1.28 bits per heavy atom. The molecule has 0 aromatic carbocycles. The van der Waals surface area contributed by atoms with Crippen LogP contribution in [0, 0.1) is 29.6 Å². The summed E-state index contributed by atoms with van der Waals surface area (Å²) in [6.45, 7) is 9.59. The Morgan fingerprint density at radius 2 is 2.06 bits per heavy atom. The van der Waals surface area contributed by atoms with Gasteiger partial charge in [0.15, 0.2) is 0 Å². The third-order valence-electron chi connectivity index (χ3n) is 5.93. The molecule has 1 aromatic heterocycles. The van der Waals surface area contributed by atoms with Crippen molar-refractivity contribution in [1.29, 1.82) is 0 Å². The minimum Gasteiger partial charge on any atom is -0.258 e. The fourth-order valence-electron chi connectivity index (χ4n) is 4.84. The van der Waals surface area contributed by atoms with E-state index >= 15 is 0 Å². The highest BCUT2D eigenvalue weighted by molar-refractivity contribution is 5.15. The van der Waals surface area contributed by atoms with Crippen molar-refractivity contribution in [2.24, 2.45) is 22.7 Å². The molecular weight excluding hydrogens is 218 g/mol. The number of hydrogen-bond donors (Lipinski definition) is 0. The lowest BCUT2D eigenvalue weighted by atomic mass is 9.62. The molecule has 0 saturated heterocycles. The number of aryl methyl sites for hydroxylation is 1. The van der Waals surface area contributed by atoms with Crippen LogP contribution >= 0.6 is 0 Å². The molecule has 1 heteroatoms. The molecule has 2 bridgehead atoms. The predicted octanol–water partition coefficient (Wildman–Crippen LogP) is 4.39. The molecule has 3 atom stereocenters. The first kappa shape index (κ1) is 12.2. The fourth-order valence-corrected chi connectivity index (χ4v) is 4.84. The van der Waals surface area contributed by atoms with Crippen molar-refractivity contribution in [3.05, 3.63) is 29.6 Å². The van der Waals surface area contributed by atoms with E-state index in [2.05, 4.69) is 45.9 Å². The van der Waals surface area contributed by atoms with Crippen LogP contribution in [-0.4, -0.2) is 4.98 Å². The van der Waals surface area contributed by atoms with E-state index in [0.717, 1.165) is 17.5 Å². The summed E-state index contributed by atoms with van der Waals surface area (Å²) in [4.78, 5) is 4.72. The first-order valence-electron chi connectivity index (χ1n) is 7.34. The van der Waals surface area contributed by atoms with Gasteiger partial charge in [0.25, 0.3) is 0 Å². The maximum absolute atomic E-state index is 4.72. The van der Waals surface area contributed by atoms with E-state index in [4.69, 9.17) is 4.98 Å². The van der Waals surface area contributed by atoms with Gasteiger partial charge in [-0.15, -0.1) is 0 Å². The van der Waals surface area contributed by atoms with Gasteiger partial charge in [0.1, 0.15) is 0 Å². The molecule has 2 fully saturated rings. The zero-order chi connectivity index (χ0) is 13.0. The second kappa shape index (κ2) is 3.82. The van der Waals surface area contributed by atoms with E-state index in [1.807, 2.05) is 0 Å². The molecule has 0 N–H and O–H groups in total. The van der Waals surface area contributed by atoms with Crippen molar-refractivity contribution < 1.29 is 0 Å². The topological polar surface area (TPSA) is 12.9 Å². The van der Waals surface area contributed by atoms with E-state index in [1.165, 1.54) is 31.4 Å². The highest BCUT2D eigenvalue weighted by Crippen LogP contribution is 2.66. The van der Waals surface area contributed by atoms with Gasteiger partial charge in [-0.25, -0.2) is 0 Å². The summed E-state index contributed by atoms with van der Waals surface area (Å²) < 4.78 is 0. The molecule has 2 unspecified atom stereocenters. The highest BCUT2D eigenvalue weighted by Gasteiger charge is 2.58. The van der Waals surface area contributed by atoms with Gasteiger partial charge >= 0.3 is 0 Å². The molecule has 0 aliphatic heterocycles. The summed E-state index contributed by atoms with van der Waals surface area (Å²) in [5.41, 5.74) is 3.51. The maximum atomic E-state index is 4.72. The third-order valence-corrected chi connectivity index (χ3v) is 5.93. The van der Waals surface area contributed by atoms with E-state index in [9.17, 15) is 0 Å². The molecule has 98 valence electrons. The van der Waals surface area contributed by atoms with Crippen LogP contribution in [0.25, 0.3) is 0 Å². The Morgan fingerprint density at radius 3 is 2.67 bits per heavy atom. The number of rotatable bonds is 2. The summed E-state index contributed by atoms with van der Waals surface area (Å²) in [5, 5.41) is 0. The molecule has 1 aromatic rings. The summed E-state index contributed by atoms with van der Waals surface area (Å²) in [7, 11) is 0. The lowest BCUT2D eigenvalue weighted by Crippen LogP contribution is -2.36. The molecule has 1 nitrogen and oxygen atoms in total. The first-order valence-corrected chi connectivity index (χ1v) is 7.34. The van der Waals surface area contributed by atoms with Crippen LogP contribution in [0.15, 0.2) is 18.2 Å². The third kappa shape index (κ3) is 1.71. The van der Waals surface area contributed by atoms with Gasteiger partial charge in [0, 0.05) is 11.4 Å². The van der Waals surface area contributed by atoms with E-state index in [-0.39, 0.29) is 0 Å². The molecule has 0 amide bonds. The molecule has 2 saturated carbocycles. The molecule has 0 spiro atoms. The summed E-state index contributed by atoms with van der Waals surface area (Å²) in [6, 6.07) is 6.45. The summed E-state index contributed by atoms with van der Waals surface area (Å²) in [6.07, 6.45) is 5.48. The largest absolute Gasteiger partial charge is 0.258 e. The number of aromatic nitrogens is 1. The second-order valence-corrected chi connectivity index (χ2v) is 7.44. The number of hydrogen-bond acceptors (Lipinski definition) is 1. The first-order chi connectivity index (χ1) is 8.42. The van der Waals surface area contributed by atoms with Crippen molar-refractivity contribution in [3.63, 3.8) is 0 Å². The molecule has 0 radical (unpaired) electrons. The average molecular weight is 243 g/mol.